The predicted molar refractivity (Wildman–Crippen MR) is 53.8 cm³/mol. The van der Waals surface area contributed by atoms with Gasteiger partial charge >= 0.3 is 0 Å². The number of hydrogen-bond donors (Lipinski definition) is 1. The third-order valence-electron chi connectivity index (χ3n) is 1.74. The van der Waals surface area contributed by atoms with Crippen LogP contribution in [0, 0.1) is 0 Å². The van der Waals surface area contributed by atoms with Crippen LogP contribution in [0.3, 0.4) is 0 Å². The van der Waals surface area contributed by atoms with Crippen LogP contribution in [0.4, 0.5) is 5.82 Å². The molecule has 0 saturated heterocycles. The average Bonchev–Trinajstić information content (AvgIpc) is 2.46. The molecule has 3 nitrogen and oxygen atoms in total. The van der Waals surface area contributed by atoms with Gasteiger partial charge < -0.3 is 4.98 Å². The Balaban J connectivity index is 2.68. The fourth-order valence-electron chi connectivity index (χ4n) is 1.19. The molecule has 0 fully saturated rings. The highest BCUT2D eigenvalue weighted by Gasteiger charge is 1.98. The van der Waals surface area contributed by atoms with Crippen LogP contribution in [0.2, 0.25) is 0 Å². The van der Waals surface area contributed by atoms with Crippen LogP contribution >= 0.6 is 15.9 Å². The number of halogens is 1. The van der Waals surface area contributed by atoms with Crippen molar-refractivity contribution in [2.45, 2.75) is 0 Å². The van der Waals surface area contributed by atoms with E-state index in [1.807, 2.05) is 18.2 Å². The van der Waals surface area contributed by atoms with Gasteiger partial charge in [0, 0.05) is 15.4 Å². The van der Waals surface area contributed by atoms with Gasteiger partial charge in [0.1, 0.15) is 5.82 Å². The molecule has 1 N–H and O–H groups in total. The Morgan fingerprint density at radius 2 is 2.23 bits per heavy atom. The van der Waals surface area contributed by atoms with Crippen LogP contribution in [-0.2, 0) is 4.79 Å². The van der Waals surface area contributed by atoms with E-state index in [1.165, 1.54) is 6.08 Å². The van der Waals surface area contributed by atoms with Gasteiger partial charge in [-0.1, -0.05) is 22.0 Å². The molecule has 0 spiro atoms. The number of isocyanates is 1. The number of carbonyl (C=O) groups excluding carboxylic acids is 1. The lowest BCUT2D eigenvalue weighted by Crippen LogP contribution is -1.66. The monoisotopic (exact) mass is 236 g/mol. The van der Waals surface area contributed by atoms with Crippen molar-refractivity contribution >= 4 is 38.7 Å². The molecule has 1 aromatic heterocycles. The van der Waals surface area contributed by atoms with Gasteiger partial charge in [0.25, 0.3) is 0 Å². The molecule has 0 radical (unpaired) electrons. The number of aromatic amines is 1. The maximum atomic E-state index is 10.00. The molecule has 0 aliphatic carbocycles. The lowest BCUT2D eigenvalue weighted by molar-refractivity contribution is 0.565. The third kappa shape index (κ3) is 1.54. The van der Waals surface area contributed by atoms with Gasteiger partial charge in [0.05, 0.1) is 0 Å². The molecule has 13 heavy (non-hydrogen) atoms. The molecule has 0 amide bonds. The normalized spacial score (nSPS) is 9.92. The molecule has 1 aromatic carbocycles. The molecular formula is C9H5BrN2O. The van der Waals surface area contributed by atoms with Crippen LogP contribution < -0.4 is 0 Å². The van der Waals surface area contributed by atoms with E-state index in [2.05, 4.69) is 25.9 Å². The SMILES string of the molecule is O=C=Nc1cc2ccc(Br)cc2[nH]1. The first kappa shape index (κ1) is 8.23. The molecule has 0 saturated carbocycles. The van der Waals surface area contributed by atoms with E-state index in [4.69, 9.17) is 0 Å². The second-order valence-corrected chi connectivity index (χ2v) is 3.50. The lowest BCUT2D eigenvalue weighted by atomic mass is 10.2. The summed E-state index contributed by atoms with van der Waals surface area (Å²) in [5.74, 6) is 0.531. The predicted octanol–water partition coefficient (Wildman–Crippen LogP) is 2.90. The smallest absolute Gasteiger partial charge is 0.242 e. The van der Waals surface area contributed by atoms with E-state index in [-0.39, 0.29) is 0 Å². The van der Waals surface area contributed by atoms with Gasteiger partial charge in [0.2, 0.25) is 6.08 Å². The van der Waals surface area contributed by atoms with Crippen LogP contribution in [0.1, 0.15) is 0 Å². The van der Waals surface area contributed by atoms with Crippen molar-refractivity contribution < 1.29 is 4.79 Å². The lowest BCUT2D eigenvalue weighted by Gasteiger charge is -1.88. The number of benzene rings is 1. The highest BCUT2D eigenvalue weighted by Crippen LogP contribution is 2.23. The largest absolute Gasteiger partial charge is 0.339 e. The van der Waals surface area contributed by atoms with Crippen LogP contribution in [0.25, 0.3) is 10.9 Å². The maximum absolute atomic E-state index is 10.00. The molecule has 0 aliphatic heterocycles. The van der Waals surface area contributed by atoms with Gasteiger partial charge in [-0.3, -0.25) is 0 Å². The molecule has 0 atom stereocenters. The van der Waals surface area contributed by atoms with E-state index in [9.17, 15) is 4.79 Å². The molecule has 2 rings (SSSR count). The van der Waals surface area contributed by atoms with Crippen molar-refractivity contribution in [3.8, 4) is 0 Å². The number of H-pyrrole nitrogens is 1. The Morgan fingerprint density at radius 3 is 3.00 bits per heavy atom. The van der Waals surface area contributed by atoms with Crippen LogP contribution in [0.5, 0.6) is 0 Å². The number of hydrogen-bond acceptors (Lipinski definition) is 2. The minimum absolute atomic E-state index is 0.531. The first-order valence-corrected chi connectivity index (χ1v) is 4.45. The Kier molecular flexibility index (Phi) is 2.00. The zero-order chi connectivity index (χ0) is 9.26. The third-order valence-corrected chi connectivity index (χ3v) is 2.23. The van der Waals surface area contributed by atoms with Crippen molar-refractivity contribution in [2.24, 2.45) is 4.99 Å². The quantitative estimate of drug-likeness (QED) is 0.601. The zero-order valence-electron chi connectivity index (χ0n) is 6.54. The second kappa shape index (κ2) is 3.17. The molecule has 1 heterocycles. The fraction of sp³-hybridized carbons (Fsp3) is 0. The average molecular weight is 237 g/mol. The Morgan fingerprint density at radius 1 is 1.38 bits per heavy atom. The Bertz CT molecular complexity index is 497. The van der Waals surface area contributed by atoms with E-state index in [0.29, 0.717) is 5.82 Å². The van der Waals surface area contributed by atoms with Gasteiger partial charge in [-0.15, -0.1) is 4.99 Å². The highest BCUT2D eigenvalue weighted by atomic mass is 79.9. The van der Waals surface area contributed by atoms with Gasteiger partial charge in [0.15, 0.2) is 0 Å². The maximum Gasteiger partial charge on any atom is 0.242 e. The number of rotatable bonds is 1. The summed E-state index contributed by atoms with van der Waals surface area (Å²) in [4.78, 5) is 16.5. The van der Waals surface area contributed by atoms with Crippen molar-refractivity contribution in [2.75, 3.05) is 0 Å². The second-order valence-electron chi connectivity index (χ2n) is 2.59. The summed E-state index contributed by atoms with van der Waals surface area (Å²) in [5, 5.41) is 1.03. The van der Waals surface area contributed by atoms with Gasteiger partial charge in [-0.25, -0.2) is 4.79 Å². The zero-order valence-corrected chi connectivity index (χ0v) is 8.13. The number of aliphatic imine (C=N–C) groups is 1. The van der Waals surface area contributed by atoms with Crippen molar-refractivity contribution in [1.29, 1.82) is 0 Å². The highest BCUT2D eigenvalue weighted by molar-refractivity contribution is 9.10. The van der Waals surface area contributed by atoms with Crippen LogP contribution in [-0.4, -0.2) is 11.1 Å². The number of fused-ring (bicyclic) bond motifs is 1. The first-order chi connectivity index (χ1) is 6.29. The minimum atomic E-state index is 0.531. The van der Waals surface area contributed by atoms with E-state index in [0.717, 1.165) is 15.4 Å². The van der Waals surface area contributed by atoms with E-state index < -0.39 is 0 Å². The Hall–Kier alpha value is -1.38. The van der Waals surface area contributed by atoms with Gasteiger partial charge in [-0.2, -0.15) is 0 Å². The van der Waals surface area contributed by atoms with E-state index >= 15 is 0 Å². The van der Waals surface area contributed by atoms with Crippen molar-refractivity contribution in [3.05, 3.63) is 28.7 Å². The molecule has 2 aromatic rings. The fourth-order valence-corrected chi connectivity index (χ4v) is 1.55. The summed E-state index contributed by atoms with van der Waals surface area (Å²) in [5.41, 5.74) is 0.948. The molecule has 0 aliphatic rings. The molecular weight excluding hydrogens is 232 g/mol. The number of nitrogens with one attached hydrogen (secondary N) is 1. The molecule has 0 unspecified atom stereocenters. The van der Waals surface area contributed by atoms with Crippen molar-refractivity contribution in [3.63, 3.8) is 0 Å². The summed E-state index contributed by atoms with van der Waals surface area (Å²) in [6.07, 6.45) is 1.49. The van der Waals surface area contributed by atoms with Crippen LogP contribution in [0.15, 0.2) is 33.7 Å². The van der Waals surface area contributed by atoms with E-state index in [1.54, 1.807) is 6.07 Å². The number of aromatic nitrogens is 1. The summed E-state index contributed by atoms with van der Waals surface area (Å²) < 4.78 is 0.989. The molecule has 0 bridgehead atoms. The first-order valence-electron chi connectivity index (χ1n) is 3.66. The molecule has 4 heteroatoms. The van der Waals surface area contributed by atoms with Gasteiger partial charge in [-0.05, 0) is 18.2 Å². The topological polar surface area (TPSA) is 45.2 Å². The Labute approximate surface area is 82.6 Å². The number of nitrogens with zero attached hydrogens (tertiary/aromatic N) is 1. The van der Waals surface area contributed by atoms with Crippen molar-refractivity contribution in [1.82, 2.24) is 4.98 Å². The molecule has 64 valence electrons. The summed E-state index contributed by atoms with van der Waals surface area (Å²) >= 11 is 3.35. The summed E-state index contributed by atoms with van der Waals surface area (Å²) in [6.45, 7) is 0. The summed E-state index contributed by atoms with van der Waals surface area (Å²) in [6, 6.07) is 7.61. The standard InChI is InChI=1S/C9H5BrN2O/c10-7-2-1-6-3-9(11-5-13)12-8(6)4-7/h1-4,12H. The minimum Gasteiger partial charge on any atom is -0.339 e. The summed E-state index contributed by atoms with van der Waals surface area (Å²) in [7, 11) is 0.